The van der Waals surface area contributed by atoms with Gasteiger partial charge in [-0.1, -0.05) is 30.1 Å². The predicted octanol–water partition coefficient (Wildman–Crippen LogP) is 3.68. The fraction of sp³-hybridized carbons (Fsp3) is 0.533. The van der Waals surface area contributed by atoms with Crippen molar-refractivity contribution in [2.45, 2.75) is 32.4 Å². The lowest BCUT2D eigenvalue weighted by atomic mass is 10.1. The molecule has 0 spiro atoms. The maximum Gasteiger partial charge on any atom is 0.178 e. The zero-order valence-electron chi connectivity index (χ0n) is 11.7. The van der Waals surface area contributed by atoms with Gasteiger partial charge in [-0.3, -0.25) is 9.69 Å². The van der Waals surface area contributed by atoms with Gasteiger partial charge in [-0.25, -0.2) is 0 Å². The van der Waals surface area contributed by atoms with E-state index >= 15 is 0 Å². The van der Waals surface area contributed by atoms with Gasteiger partial charge in [0.05, 0.1) is 24.3 Å². The lowest BCUT2D eigenvalue weighted by Gasteiger charge is -2.37. The monoisotopic (exact) mass is 315 g/mol. The van der Waals surface area contributed by atoms with Crippen molar-refractivity contribution in [3.8, 4) is 0 Å². The van der Waals surface area contributed by atoms with Gasteiger partial charge in [0.25, 0.3) is 0 Å². The maximum absolute atomic E-state index is 12.4. The summed E-state index contributed by atoms with van der Waals surface area (Å²) in [6, 6.07) is 5.27. The fourth-order valence-corrected chi connectivity index (χ4v) is 2.86. The van der Waals surface area contributed by atoms with Crippen LogP contribution in [0, 0.1) is 0 Å². The summed E-state index contributed by atoms with van der Waals surface area (Å²) in [4.78, 5) is 14.6. The molecule has 0 N–H and O–H groups in total. The molecule has 110 valence electrons. The zero-order chi connectivity index (χ0) is 14.7. The third kappa shape index (κ3) is 3.73. The molecule has 1 aromatic carbocycles. The average molecular weight is 316 g/mol. The van der Waals surface area contributed by atoms with Crippen LogP contribution in [0.1, 0.15) is 30.6 Å². The number of benzene rings is 1. The Kier molecular flexibility index (Phi) is 5.44. The van der Waals surface area contributed by atoms with Crippen molar-refractivity contribution >= 4 is 29.0 Å². The largest absolute Gasteiger partial charge is 0.376 e. The molecule has 0 bridgehead atoms. The molecule has 1 aliphatic heterocycles. The standard InChI is InChI=1S/C15H19Cl2NO2/c1-3-12-9-20-10(2)7-18(12)8-15(19)13-6-11(16)4-5-14(13)17/h4-6,10,12H,3,7-9H2,1-2H3. The SMILES string of the molecule is CCC1COC(C)CN1CC(=O)c1cc(Cl)ccc1Cl. The molecule has 1 heterocycles. The molecule has 5 heteroatoms. The number of morpholine rings is 1. The van der Waals surface area contributed by atoms with Gasteiger partial charge < -0.3 is 4.74 Å². The molecule has 1 aliphatic rings. The van der Waals surface area contributed by atoms with E-state index in [0.29, 0.717) is 28.8 Å². The first-order valence-corrected chi connectivity index (χ1v) is 7.60. The molecule has 1 saturated heterocycles. The van der Waals surface area contributed by atoms with E-state index < -0.39 is 0 Å². The van der Waals surface area contributed by atoms with E-state index in [-0.39, 0.29) is 17.9 Å². The molecule has 0 aromatic heterocycles. The lowest BCUT2D eigenvalue weighted by Crippen LogP contribution is -2.50. The highest BCUT2D eigenvalue weighted by Gasteiger charge is 2.27. The second-order valence-electron chi connectivity index (χ2n) is 5.18. The first kappa shape index (κ1) is 15.8. The van der Waals surface area contributed by atoms with Crippen molar-refractivity contribution in [3.05, 3.63) is 33.8 Å². The van der Waals surface area contributed by atoms with Gasteiger partial charge in [0.15, 0.2) is 5.78 Å². The van der Waals surface area contributed by atoms with E-state index in [4.69, 9.17) is 27.9 Å². The number of halogens is 2. The summed E-state index contributed by atoms with van der Waals surface area (Å²) in [6.07, 6.45) is 1.11. The first-order chi connectivity index (χ1) is 9.51. The van der Waals surface area contributed by atoms with Gasteiger partial charge in [0.1, 0.15) is 0 Å². The van der Waals surface area contributed by atoms with Crippen LogP contribution in [0.15, 0.2) is 18.2 Å². The Morgan fingerprint density at radius 1 is 1.45 bits per heavy atom. The van der Waals surface area contributed by atoms with E-state index in [9.17, 15) is 4.79 Å². The molecule has 2 unspecified atom stereocenters. The van der Waals surface area contributed by atoms with Crippen molar-refractivity contribution in [1.29, 1.82) is 0 Å². The summed E-state index contributed by atoms with van der Waals surface area (Å²) >= 11 is 12.0. The van der Waals surface area contributed by atoms with E-state index in [2.05, 4.69) is 11.8 Å². The van der Waals surface area contributed by atoms with E-state index in [1.807, 2.05) is 6.92 Å². The second kappa shape index (κ2) is 6.90. The minimum absolute atomic E-state index is 0.00468. The van der Waals surface area contributed by atoms with Crippen LogP contribution in [-0.4, -0.2) is 42.5 Å². The minimum Gasteiger partial charge on any atom is -0.376 e. The lowest BCUT2D eigenvalue weighted by molar-refractivity contribution is -0.0523. The number of carbonyl (C=O) groups excluding carboxylic acids is 1. The molecule has 20 heavy (non-hydrogen) atoms. The zero-order valence-corrected chi connectivity index (χ0v) is 13.2. The van der Waals surface area contributed by atoms with Crippen molar-refractivity contribution in [3.63, 3.8) is 0 Å². The van der Waals surface area contributed by atoms with Crippen LogP contribution >= 0.6 is 23.2 Å². The Hall–Kier alpha value is -0.610. The molecule has 3 nitrogen and oxygen atoms in total. The predicted molar refractivity (Wildman–Crippen MR) is 81.9 cm³/mol. The number of Topliss-reactive ketones (excluding diaryl/α,β-unsaturated/α-hetero) is 1. The highest BCUT2D eigenvalue weighted by molar-refractivity contribution is 6.36. The van der Waals surface area contributed by atoms with Gasteiger partial charge >= 0.3 is 0 Å². The average Bonchev–Trinajstić information content (AvgIpc) is 2.41. The number of rotatable bonds is 4. The number of ether oxygens (including phenoxy) is 1. The molecule has 2 rings (SSSR count). The van der Waals surface area contributed by atoms with Crippen LogP contribution in [0.5, 0.6) is 0 Å². The molecular formula is C15H19Cl2NO2. The molecule has 0 radical (unpaired) electrons. The van der Waals surface area contributed by atoms with Crippen LogP contribution < -0.4 is 0 Å². The maximum atomic E-state index is 12.4. The number of ketones is 1. The molecule has 0 aliphatic carbocycles. The quantitative estimate of drug-likeness (QED) is 0.794. The van der Waals surface area contributed by atoms with Gasteiger partial charge in [0, 0.05) is 23.2 Å². The number of hydrogen-bond acceptors (Lipinski definition) is 3. The van der Waals surface area contributed by atoms with Gasteiger partial charge in [0.2, 0.25) is 0 Å². The van der Waals surface area contributed by atoms with Crippen LogP contribution in [0.25, 0.3) is 0 Å². The van der Waals surface area contributed by atoms with Crippen molar-refractivity contribution in [2.24, 2.45) is 0 Å². The van der Waals surface area contributed by atoms with Crippen LogP contribution in [0.2, 0.25) is 10.0 Å². The Labute approximate surface area is 129 Å². The van der Waals surface area contributed by atoms with Crippen LogP contribution in [-0.2, 0) is 4.74 Å². The summed E-state index contributed by atoms with van der Waals surface area (Å²) in [6.45, 7) is 5.92. The smallest absolute Gasteiger partial charge is 0.178 e. The molecule has 0 saturated carbocycles. The first-order valence-electron chi connectivity index (χ1n) is 6.85. The van der Waals surface area contributed by atoms with Crippen LogP contribution in [0.3, 0.4) is 0 Å². The fourth-order valence-electron chi connectivity index (χ4n) is 2.46. The summed E-state index contributed by atoms with van der Waals surface area (Å²) in [5.74, 6) is 0.00468. The molecule has 1 fully saturated rings. The number of nitrogens with zero attached hydrogens (tertiary/aromatic N) is 1. The minimum atomic E-state index is 0.00468. The highest BCUT2D eigenvalue weighted by atomic mass is 35.5. The van der Waals surface area contributed by atoms with Gasteiger partial charge in [-0.15, -0.1) is 0 Å². The van der Waals surface area contributed by atoms with Crippen molar-refractivity contribution in [1.82, 2.24) is 4.90 Å². The van der Waals surface area contributed by atoms with E-state index in [0.717, 1.165) is 13.0 Å². The number of hydrogen-bond donors (Lipinski definition) is 0. The third-order valence-electron chi connectivity index (χ3n) is 3.63. The Bertz CT molecular complexity index is 493. The summed E-state index contributed by atoms with van der Waals surface area (Å²) in [7, 11) is 0. The van der Waals surface area contributed by atoms with Crippen LogP contribution in [0.4, 0.5) is 0 Å². The normalized spacial score (nSPS) is 23.8. The van der Waals surface area contributed by atoms with Crippen molar-refractivity contribution < 1.29 is 9.53 Å². The summed E-state index contributed by atoms with van der Waals surface area (Å²) < 4.78 is 5.64. The number of carbonyl (C=O) groups is 1. The Balaban J connectivity index is 2.11. The second-order valence-corrected chi connectivity index (χ2v) is 6.03. The van der Waals surface area contributed by atoms with E-state index in [1.54, 1.807) is 18.2 Å². The Morgan fingerprint density at radius 2 is 2.20 bits per heavy atom. The van der Waals surface area contributed by atoms with Gasteiger partial charge in [-0.2, -0.15) is 0 Å². The van der Waals surface area contributed by atoms with Gasteiger partial charge in [-0.05, 0) is 31.5 Å². The topological polar surface area (TPSA) is 29.5 Å². The molecule has 2 atom stereocenters. The highest BCUT2D eigenvalue weighted by Crippen LogP contribution is 2.22. The molecule has 0 amide bonds. The summed E-state index contributed by atoms with van der Waals surface area (Å²) in [5, 5.41) is 0.980. The Morgan fingerprint density at radius 3 is 2.90 bits per heavy atom. The third-order valence-corrected chi connectivity index (χ3v) is 4.19. The molecule has 1 aromatic rings. The van der Waals surface area contributed by atoms with E-state index in [1.165, 1.54) is 0 Å². The van der Waals surface area contributed by atoms with Crippen molar-refractivity contribution in [2.75, 3.05) is 19.7 Å². The molecular weight excluding hydrogens is 297 g/mol. The summed E-state index contributed by atoms with van der Waals surface area (Å²) in [5.41, 5.74) is 0.494.